The number of anilines is 1. The van der Waals surface area contributed by atoms with Crippen LogP contribution in [0.1, 0.15) is 26.1 Å². The SMILES string of the molecule is COC1CC(C)N(c2nn(-c3ccnc(C(C)(F)F)n3)c3cc(Cl)ncc23)C1. The highest BCUT2D eigenvalue weighted by Gasteiger charge is 2.33. The van der Waals surface area contributed by atoms with E-state index in [0.29, 0.717) is 17.9 Å². The van der Waals surface area contributed by atoms with Crippen molar-refractivity contribution >= 4 is 28.3 Å². The summed E-state index contributed by atoms with van der Waals surface area (Å²) in [7, 11) is 1.69. The van der Waals surface area contributed by atoms with Gasteiger partial charge in [-0.25, -0.2) is 19.6 Å². The van der Waals surface area contributed by atoms with Crippen molar-refractivity contribution in [3.05, 3.63) is 35.5 Å². The maximum Gasteiger partial charge on any atom is 0.303 e. The smallest absolute Gasteiger partial charge is 0.303 e. The molecule has 1 saturated heterocycles. The number of hydrogen-bond donors (Lipinski definition) is 0. The number of fused-ring (bicyclic) bond motifs is 1. The molecule has 0 aliphatic carbocycles. The Hall–Kier alpha value is -2.39. The van der Waals surface area contributed by atoms with Crippen molar-refractivity contribution in [3.8, 4) is 5.82 Å². The molecule has 0 aromatic carbocycles. The van der Waals surface area contributed by atoms with E-state index in [9.17, 15) is 8.78 Å². The number of ether oxygens (including phenoxy) is 1. The summed E-state index contributed by atoms with van der Waals surface area (Å²) in [5.41, 5.74) is 0.632. The molecule has 0 N–H and O–H groups in total. The molecular formula is C18H19ClF2N6O. The molecule has 1 fully saturated rings. The largest absolute Gasteiger partial charge is 0.380 e. The Morgan fingerprint density at radius 1 is 1.32 bits per heavy atom. The van der Waals surface area contributed by atoms with Crippen molar-refractivity contribution in [1.29, 1.82) is 0 Å². The van der Waals surface area contributed by atoms with Gasteiger partial charge in [-0.15, -0.1) is 5.10 Å². The maximum absolute atomic E-state index is 13.7. The van der Waals surface area contributed by atoms with Crippen LogP contribution < -0.4 is 4.90 Å². The van der Waals surface area contributed by atoms with Gasteiger partial charge in [0.05, 0.1) is 17.0 Å². The molecule has 0 amide bonds. The predicted molar refractivity (Wildman–Crippen MR) is 101 cm³/mol. The first-order valence-corrected chi connectivity index (χ1v) is 9.21. The normalized spacial score (nSPS) is 20.3. The summed E-state index contributed by atoms with van der Waals surface area (Å²) in [5, 5.41) is 5.72. The Balaban J connectivity index is 1.87. The molecular weight excluding hydrogens is 390 g/mol. The quantitative estimate of drug-likeness (QED) is 0.614. The van der Waals surface area contributed by atoms with Gasteiger partial charge in [0.2, 0.25) is 5.82 Å². The van der Waals surface area contributed by atoms with Crippen LogP contribution in [0.3, 0.4) is 0 Å². The van der Waals surface area contributed by atoms with Crippen molar-refractivity contribution in [2.45, 2.75) is 38.3 Å². The average molecular weight is 409 g/mol. The number of nitrogens with zero attached hydrogens (tertiary/aromatic N) is 6. The van der Waals surface area contributed by atoms with E-state index in [1.54, 1.807) is 19.4 Å². The molecule has 1 aliphatic rings. The number of halogens is 3. The van der Waals surface area contributed by atoms with Crippen LogP contribution in [0.5, 0.6) is 0 Å². The third kappa shape index (κ3) is 3.29. The number of pyridine rings is 1. The van der Waals surface area contributed by atoms with Crippen LogP contribution in [-0.2, 0) is 10.7 Å². The molecule has 0 saturated carbocycles. The number of rotatable bonds is 4. The van der Waals surface area contributed by atoms with E-state index in [2.05, 4.69) is 31.9 Å². The highest BCUT2D eigenvalue weighted by atomic mass is 35.5. The van der Waals surface area contributed by atoms with Gasteiger partial charge in [0.1, 0.15) is 5.15 Å². The van der Waals surface area contributed by atoms with E-state index in [4.69, 9.17) is 16.3 Å². The molecule has 148 valence electrons. The molecule has 0 radical (unpaired) electrons. The fraction of sp³-hybridized carbons (Fsp3) is 0.444. The van der Waals surface area contributed by atoms with E-state index in [-0.39, 0.29) is 23.1 Å². The van der Waals surface area contributed by atoms with E-state index in [1.165, 1.54) is 16.9 Å². The molecule has 3 aromatic rings. The lowest BCUT2D eigenvalue weighted by Crippen LogP contribution is -2.28. The highest BCUT2D eigenvalue weighted by molar-refractivity contribution is 6.30. The Morgan fingerprint density at radius 2 is 2.11 bits per heavy atom. The minimum Gasteiger partial charge on any atom is -0.380 e. The van der Waals surface area contributed by atoms with Gasteiger partial charge in [0.15, 0.2) is 11.6 Å². The van der Waals surface area contributed by atoms with Crippen molar-refractivity contribution in [2.24, 2.45) is 0 Å². The summed E-state index contributed by atoms with van der Waals surface area (Å²) in [6, 6.07) is 3.38. The molecule has 7 nitrogen and oxygen atoms in total. The van der Waals surface area contributed by atoms with Crippen LogP contribution in [0, 0.1) is 0 Å². The third-order valence-corrected chi connectivity index (χ3v) is 5.11. The van der Waals surface area contributed by atoms with Gasteiger partial charge in [-0.2, -0.15) is 8.78 Å². The topological polar surface area (TPSA) is 69.0 Å². The predicted octanol–water partition coefficient (Wildman–Crippen LogP) is 3.59. The lowest BCUT2D eigenvalue weighted by Gasteiger charge is -2.20. The molecule has 0 bridgehead atoms. The van der Waals surface area contributed by atoms with Gasteiger partial charge in [0, 0.05) is 51.1 Å². The van der Waals surface area contributed by atoms with E-state index in [1.807, 2.05) is 0 Å². The lowest BCUT2D eigenvalue weighted by atomic mass is 10.2. The van der Waals surface area contributed by atoms with Crippen LogP contribution in [0.4, 0.5) is 14.6 Å². The van der Waals surface area contributed by atoms with Crippen molar-refractivity contribution in [3.63, 3.8) is 0 Å². The van der Waals surface area contributed by atoms with Crippen molar-refractivity contribution < 1.29 is 13.5 Å². The fourth-order valence-electron chi connectivity index (χ4n) is 3.48. The first-order valence-electron chi connectivity index (χ1n) is 8.83. The molecule has 4 heterocycles. The number of hydrogen-bond acceptors (Lipinski definition) is 6. The Morgan fingerprint density at radius 3 is 2.79 bits per heavy atom. The molecule has 2 unspecified atom stereocenters. The summed E-state index contributed by atoms with van der Waals surface area (Å²) in [4.78, 5) is 14.0. The molecule has 0 spiro atoms. The van der Waals surface area contributed by atoms with Gasteiger partial charge in [-0.1, -0.05) is 11.6 Å². The Labute approximate surface area is 165 Å². The van der Waals surface area contributed by atoms with Gasteiger partial charge < -0.3 is 9.64 Å². The van der Waals surface area contributed by atoms with Gasteiger partial charge in [-0.05, 0) is 13.3 Å². The summed E-state index contributed by atoms with van der Waals surface area (Å²) in [5.74, 6) is -2.80. The second-order valence-electron chi connectivity index (χ2n) is 6.98. The minimum atomic E-state index is -3.16. The number of methoxy groups -OCH3 is 1. The van der Waals surface area contributed by atoms with Crippen LogP contribution >= 0.6 is 11.6 Å². The second kappa shape index (κ2) is 6.89. The first kappa shape index (κ1) is 18.9. The van der Waals surface area contributed by atoms with Crippen LogP contribution in [0.2, 0.25) is 5.15 Å². The zero-order valence-corrected chi connectivity index (χ0v) is 16.4. The van der Waals surface area contributed by atoms with Crippen molar-refractivity contribution in [1.82, 2.24) is 24.7 Å². The third-order valence-electron chi connectivity index (χ3n) is 4.90. The molecule has 10 heteroatoms. The molecule has 2 atom stereocenters. The summed E-state index contributed by atoms with van der Waals surface area (Å²) in [6.45, 7) is 3.53. The maximum atomic E-state index is 13.7. The van der Waals surface area contributed by atoms with Gasteiger partial charge in [-0.3, -0.25) is 0 Å². The molecule has 4 rings (SSSR count). The van der Waals surface area contributed by atoms with Crippen molar-refractivity contribution in [2.75, 3.05) is 18.6 Å². The fourth-order valence-corrected chi connectivity index (χ4v) is 3.64. The zero-order chi connectivity index (χ0) is 20.1. The van der Waals surface area contributed by atoms with Gasteiger partial charge >= 0.3 is 5.92 Å². The van der Waals surface area contributed by atoms with E-state index >= 15 is 0 Å². The lowest BCUT2D eigenvalue weighted by molar-refractivity contribution is 0.00763. The minimum absolute atomic E-state index is 0.0971. The van der Waals surface area contributed by atoms with Crippen LogP contribution in [0.25, 0.3) is 16.7 Å². The molecule has 3 aromatic heterocycles. The van der Waals surface area contributed by atoms with Crippen LogP contribution in [-0.4, -0.2) is 50.5 Å². The van der Waals surface area contributed by atoms with E-state index in [0.717, 1.165) is 18.7 Å². The van der Waals surface area contributed by atoms with Crippen LogP contribution in [0.15, 0.2) is 24.5 Å². The zero-order valence-electron chi connectivity index (χ0n) is 15.6. The van der Waals surface area contributed by atoms with Gasteiger partial charge in [0.25, 0.3) is 0 Å². The average Bonchev–Trinajstić information content (AvgIpc) is 3.21. The molecule has 28 heavy (non-hydrogen) atoms. The standard InChI is InChI=1S/C18H19ClF2N6O/c1-10-6-11(28-3)9-26(10)16-12-8-23-14(19)7-13(12)27(25-16)15-4-5-22-17(24-15)18(2,20)21/h4-5,7-8,10-11H,6,9H2,1-3H3. The Kier molecular flexibility index (Phi) is 4.67. The number of alkyl halides is 2. The summed E-state index contributed by atoms with van der Waals surface area (Å²) >= 11 is 6.09. The molecule has 1 aliphatic heterocycles. The monoisotopic (exact) mass is 408 g/mol. The second-order valence-corrected chi connectivity index (χ2v) is 7.37. The first-order chi connectivity index (χ1) is 13.3. The highest BCUT2D eigenvalue weighted by Crippen LogP contribution is 2.34. The Bertz CT molecular complexity index is 1020. The summed E-state index contributed by atoms with van der Waals surface area (Å²) < 4.78 is 34.4. The number of aromatic nitrogens is 5. The van der Waals surface area contributed by atoms with E-state index < -0.39 is 11.7 Å². The summed E-state index contributed by atoms with van der Waals surface area (Å²) in [6.07, 6.45) is 3.90.